The predicted molar refractivity (Wildman–Crippen MR) is 65.1 cm³/mol. The number of carbonyl (C=O) groups excluding carboxylic acids is 1. The van der Waals surface area contributed by atoms with Crippen molar-refractivity contribution in [2.45, 2.75) is 11.8 Å². The van der Waals surface area contributed by atoms with Gasteiger partial charge in [0.1, 0.15) is 0 Å². The first kappa shape index (κ1) is 13.4. The van der Waals surface area contributed by atoms with Gasteiger partial charge in [-0.25, -0.2) is 13.6 Å². The van der Waals surface area contributed by atoms with Crippen LogP contribution in [0.3, 0.4) is 0 Å². The smallest absolute Gasteiger partial charge is 0.251 e. The third-order valence-electron chi connectivity index (χ3n) is 2.05. The van der Waals surface area contributed by atoms with Crippen molar-refractivity contribution in [2.75, 3.05) is 6.54 Å². The molecule has 1 aromatic rings. The van der Waals surface area contributed by atoms with Crippen molar-refractivity contribution in [3.63, 3.8) is 0 Å². The lowest BCUT2D eigenvalue weighted by molar-refractivity contribution is 0.0957. The highest BCUT2D eigenvalue weighted by atomic mass is 32.2. The van der Waals surface area contributed by atoms with Crippen molar-refractivity contribution in [2.24, 2.45) is 5.14 Å². The van der Waals surface area contributed by atoms with Gasteiger partial charge in [-0.1, -0.05) is 6.08 Å². The SMILES string of the molecule is C=CCNC(=O)c1cc(C)cc(S(N)(=O)=O)c1. The van der Waals surface area contributed by atoms with Crippen LogP contribution >= 0.6 is 0 Å². The molecule has 0 radical (unpaired) electrons. The van der Waals surface area contributed by atoms with E-state index in [1.165, 1.54) is 18.2 Å². The van der Waals surface area contributed by atoms with Crippen molar-refractivity contribution >= 4 is 15.9 Å². The molecule has 0 spiro atoms. The van der Waals surface area contributed by atoms with Gasteiger partial charge in [-0.05, 0) is 30.7 Å². The van der Waals surface area contributed by atoms with Crippen LogP contribution in [0.4, 0.5) is 0 Å². The number of hydrogen-bond acceptors (Lipinski definition) is 3. The van der Waals surface area contributed by atoms with Gasteiger partial charge < -0.3 is 5.32 Å². The van der Waals surface area contributed by atoms with Gasteiger partial charge in [-0.15, -0.1) is 6.58 Å². The van der Waals surface area contributed by atoms with E-state index in [1.807, 2.05) is 0 Å². The molecule has 1 rings (SSSR count). The van der Waals surface area contributed by atoms with Crippen LogP contribution in [-0.4, -0.2) is 20.9 Å². The second-order valence-corrected chi connectivity index (χ2v) is 5.14. The molecular formula is C11H14N2O3S. The van der Waals surface area contributed by atoms with Gasteiger partial charge in [0, 0.05) is 12.1 Å². The molecule has 0 heterocycles. The monoisotopic (exact) mass is 254 g/mol. The first-order chi connectivity index (χ1) is 7.84. The summed E-state index contributed by atoms with van der Waals surface area (Å²) in [6, 6.07) is 4.26. The molecule has 0 atom stereocenters. The average molecular weight is 254 g/mol. The number of amides is 1. The summed E-state index contributed by atoms with van der Waals surface area (Å²) < 4.78 is 22.4. The summed E-state index contributed by atoms with van der Waals surface area (Å²) in [5, 5.41) is 7.58. The Morgan fingerprint density at radius 3 is 2.65 bits per heavy atom. The molecule has 17 heavy (non-hydrogen) atoms. The van der Waals surface area contributed by atoms with E-state index in [-0.39, 0.29) is 16.4 Å². The number of sulfonamides is 1. The maximum Gasteiger partial charge on any atom is 0.251 e. The fourth-order valence-electron chi connectivity index (χ4n) is 1.31. The van der Waals surface area contributed by atoms with Crippen molar-refractivity contribution in [1.82, 2.24) is 5.32 Å². The van der Waals surface area contributed by atoms with E-state index in [1.54, 1.807) is 13.0 Å². The van der Waals surface area contributed by atoms with Gasteiger partial charge in [0.2, 0.25) is 10.0 Å². The lowest BCUT2D eigenvalue weighted by atomic mass is 10.1. The number of nitrogens with two attached hydrogens (primary N) is 1. The molecule has 0 aliphatic heterocycles. The van der Waals surface area contributed by atoms with Gasteiger partial charge in [-0.2, -0.15) is 0 Å². The lowest BCUT2D eigenvalue weighted by Crippen LogP contribution is -2.24. The van der Waals surface area contributed by atoms with Gasteiger partial charge in [0.25, 0.3) is 5.91 Å². The Balaban J connectivity index is 3.14. The number of rotatable bonds is 4. The quantitative estimate of drug-likeness (QED) is 0.769. The highest BCUT2D eigenvalue weighted by molar-refractivity contribution is 7.89. The molecule has 0 saturated carbocycles. The molecule has 3 N–H and O–H groups in total. The summed E-state index contributed by atoms with van der Waals surface area (Å²) in [6.45, 7) is 5.48. The summed E-state index contributed by atoms with van der Waals surface area (Å²) in [5.41, 5.74) is 0.913. The minimum absolute atomic E-state index is 0.0683. The predicted octanol–water partition coefficient (Wildman–Crippen LogP) is 0.558. The molecule has 0 aliphatic carbocycles. The molecule has 0 saturated heterocycles. The van der Waals surface area contributed by atoms with Crippen LogP contribution in [0.2, 0.25) is 0 Å². The molecule has 0 unspecified atom stereocenters. The number of benzene rings is 1. The Labute approximate surface area is 100 Å². The van der Waals surface area contributed by atoms with Crippen LogP contribution in [0, 0.1) is 6.92 Å². The molecule has 0 aromatic heterocycles. The molecule has 0 bridgehead atoms. The summed E-state index contributed by atoms with van der Waals surface area (Å²) in [4.78, 5) is 11.6. The molecule has 0 fully saturated rings. The topological polar surface area (TPSA) is 89.3 Å². The van der Waals surface area contributed by atoms with E-state index in [2.05, 4.69) is 11.9 Å². The zero-order valence-corrected chi connectivity index (χ0v) is 10.3. The van der Waals surface area contributed by atoms with Gasteiger partial charge >= 0.3 is 0 Å². The van der Waals surface area contributed by atoms with Crippen molar-refractivity contribution in [3.05, 3.63) is 42.0 Å². The average Bonchev–Trinajstić information content (AvgIpc) is 2.23. The van der Waals surface area contributed by atoms with E-state index < -0.39 is 10.0 Å². The first-order valence-corrected chi connectivity index (χ1v) is 6.43. The summed E-state index contributed by atoms with van der Waals surface area (Å²) in [6.07, 6.45) is 1.54. The second-order valence-electron chi connectivity index (χ2n) is 3.58. The molecule has 6 heteroatoms. The van der Waals surface area contributed by atoms with Crippen LogP contribution in [0.15, 0.2) is 35.7 Å². The zero-order chi connectivity index (χ0) is 13.1. The minimum Gasteiger partial charge on any atom is -0.349 e. The highest BCUT2D eigenvalue weighted by Gasteiger charge is 2.12. The number of carbonyl (C=O) groups is 1. The largest absolute Gasteiger partial charge is 0.349 e. The van der Waals surface area contributed by atoms with Crippen LogP contribution < -0.4 is 10.5 Å². The third-order valence-corrected chi connectivity index (χ3v) is 2.94. The minimum atomic E-state index is -3.80. The van der Waals surface area contributed by atoms with Gasteiger partial charge in [-0.3, -0.25) is 4.79 Å². The molecule has 5 nitrogen and oxygen atoms in total. The highest BCUT2D eigenvalue weighted by Crippen LogP contribution is 2.13. The van der Waals surface area contributed by atoms with E-state index in [4.69, 9.17) is 5.14 Å². The fraction of sp³-hybridized carbons (Fsp3) is 0.182. The lowest BCUT2D eigenvalue weighted by Gasteiger charge is -2.06. The molecular weight excluding hydrogens is 240 g/mol. The summed E-state index contributed by atoms with van der Waals surface area (Å²) in [7, 11) is -3.80. The van der Waals surface area contributed by atoms with Gasteiger partial charge in [0.05, 0.1) is 4.90 Å². The van der Waals surface area contributed by atoms with Crippen molar-refractivity contribution in [3.8, 4) is 0 Å². The first-order valence-electron chi connectivity index (χ1n) is 4.88. The van der Waals surface area contributed by atoms with E-state index in [0.717, 1.165) is 0 Å². The normalized spacial score (nSPS) is 10.9. The van der Waals surface area contributed by atoms with Crippen LogP contribution in [0.25, 0.3) is 0 Å². The van der Waals surface area contributed by atoms with Gasteiger partial charge in [0.15, 0.2) is 0 Å². The summed E-state index contributed by atoms with van der Waals surface area (Å²) in [5.74, 6) is -0.363. The molecule has 92 valence electrons. The molecule has 0 aliphatic rings. The number of primary sulfonamides is 1. The van der Waals surface area contributed by atoms with E-state index in [9.17, 15) is 13.2 Å². The maximum atomic E-state index is 11.6. The number of hydrogen-bond donors (Lipinski definition) is 2. The Kier molecular flexibility index (Phi) is 4.03. The van der Waals surface area contributed by atoms with Crippen molar-refractivity contribution in [1.29, 1.82) is 0 Å². The molecule has 1 aromatic carbocycles. The van der Waals surface area contributed by atoms with Crippen LogP contribution in [0.1, 0.15) is 15.9 Å². The van der Waals surface area contributed by atoms with E-state index in [0.29, 0.717) is 12.1 Å². The Morgan fingerprint density at radius 2 is 2.12 bits per heavy atom. The zero-order valence-electron chi connectivity index (χ0n) is 9.43. The standard InChI is InChI=1S/C11H14N2O3S/c1-3-4-13-11(14)9-5-8(2)6-10(7-9)17(12,15)16/h3,5-7H,1,4H2,2H3,(H,13,14)(H2,12,15,16). The molecule has 1 amide bonds. The van der Waals surface area contributed by atoms with E-state index >= 15 is 0 Å². The fourth-order valence-corrected chi connectivity index (χ4v) is 1.95. The second kappa shape index (κ2) is 5.11. The third kappa shape index (κ3) is 3.69. The Hall–Kier alpha value is -1.66. The summed E-state index contributed by atoms with van der Waals surface area (Å²) >= 11 is 0. The van der Waals surface area contributed by atoms with Crippen molar-refractivity contribution < 1.29 is 13.2 Å². The Morgan fingerprint density at radius 1 is 1.47 bits per heavy atom. The van der Waals surface area contributed by atoms with Crippen LogP contribution in [0.5, 0.6) is 0 Å². The maximum absolute atomic E-state index is 11.6. The Bertz CT molecular complexity index is 550. The number of nitrogens with one attached hydrogen (secondary N) is 1. The number of aryl methyl sites for hydroxylation is 1. The van der Waals surface area contributed by atoms with Crippen LogP contribution in [-0.2, 0) is 10.0 Å².